The van der Waals surface area contributed by atoms with Gasteiger partial charge in [0.05, 0.1) is 10.9 Å². The van der Waals surface area contributed by atoms with E-state index in [0.717, 1.165) is 12.1 Å². The van der Waals surface area contributed by atoms with Crippen molar-refractivity contribution in [1.29, 1.82) is 0 Å². The van der Waals surface area contributed by atoms with Gasteiger partial charge in [0, 0.05) is 31.9 Å². The Balaban J connectivity index is 2.29. The van der Waals surface area contributed by atoms with Crippen molar-refractivity contribution in [3.8, 4) is 0 Å². The smallest absolute Gasteiger partial charge is 0.142 e. The number of Topliss-reactive ketones (excluding diaryl/α,β-unsaturated/α-hetero) is 1. The fourth-order valence-electron chi connectivity index (χ4n) is 1.70. The molecule has 1 aliphatic heterocycles. The fraction of sp³-hybridized carbons (Fsp3) is 0.400. The molecule has 0 bridgehead atoms. The molecule has 1 unspecified atom stereocenters. The molecule has 74 valence electrons. The van der Waals surface area contributed by atoms with Crippen LogP contribution < -0.4 is 5.32 Å². The average Bonchev–Trinajstić information content (AvgIpc) is 2.20. The van der Waals surface area contributed by atoms with Crippen molar-refractivity contribution in [2.24, 2.45) is 0 Å². The normalized spacial score (nSPS) is 22.4. The molecule has 0 aliphatic carbocycles. The van der Waals surface area contributed by atoms with Crippen LogP contribution in [0.1, 0.15) is 17.9 Å². The van der Waals surface area contributed by atoms with Gasteiger partial charge in [0.2, 0.25) is 0 Å². The van der Waals surface area contributed by atoms with Gasteiger partial charge >= 0.3 is 0 Å². The number of hydrogen-bond donors (Lipinski definition) is 1. The van der Waals surface area contributed by atoms with Crippen molar-refractivity contribution in [2.45, 2.75) is 12.3 Å². The summed E-state index contributed by atoms with van der Waals surface area (Å²) in [7, 11) is 0. The van der Waals surface area contributed by atoms with E-state index < -0.39 is 0 Å². The molecule has 0 spiro atoms. The van der Waals surface area contributed by atoms with Crippen LogP contribution in [0.25, 0.3) is 0 Å². The lowest BCUT2D eigenvalue weighted by molar-refractivity contribution is -0.121. The Bertz CT molecular complexity index is 354. The number of rotatable bonds is 1. The molecule has 2 heterocycles. The fourth-order valence-corrected chi connectivity index (χ4v) is 1.95. The molecular formula is C10H11ClN2O. The number of aromatic nitrogens is 1. The van der Waals surface area contributed by atoms with Crippen LogP contribution in [-0.2, 0) is 4.79 Å². The Morgan fingerprint density at radius 3 is 3.14 bits per heavy atom. The van der Waals surface area contributed by atoms with E-state index in [2.05, 4.69) is 10.3 Å². The molecule has 2 rings (SSSR count). The molecule has 4 heteroatoms. The highest BCUT2D eigenvalue weighted by atomic mass is 35.5. The largest absolute Gasteiger partial charge is 0.315 e. The third kappa shape index (κ3) is 1.79. The minimum absolute atomic E-state index is 0.0979. The van der Waals surface area contributed by atoms with Crippen LogP contribution in [0.15, 0.2) is 18.5 Å². The molecular weight excluding hydrogens is 200 g/mol. The standard InChI is InChI=1S/C10H11ClN2O/c11-9-6-13-3-1-7(9)8-5-12-4-2-10(8)14/h1,3,6,8,12H,2,4-5H2. The van der Waals surface area contributed by atoms with Crippen LogP contribution in [0.5, 0.6) is 0 Å². The van der Waals surface area contributed by atoms with Crippen molar-refractivity contribution in [2.75, 3.05) is 13.1 Å². The number of pyridine rings is 1. The van der Waals surface area contributed by atoms with E-state index in [4.69, 9.17) is 11.6 Å². The Morgan fingerprint density at radius 2 is 2.43 bits per heavy atom. The molecule has 1 saturated heterocycles. The number of piperidine rings is 1. The minimum Gasteiger partial charge on any atom is -0.315 e. The summed E-state index contributed by atoms with van der Waals surface area (Å²) in [6, 6.07) is 1.82. The highest BCUT2D eigenvalue weighted by Crippen LogP contribution is 2.26. The van der Waals surface area contributed by atoms with Gasteiger partial charge in [-0.25, -0.2) is 0 Å². The zero-order chi connectivity index (χ0) is 9.97. The number of ketones is 1. The van der Waals surface area contributed by atoms with Crippen LogP contribution in [0.4, 0.5) is 0 Å². The number of hydrogen-bond acceptors (Lipinski definition) is 3. The highest BCUT2D eigenvalue weighted by molar-refractivity contribution is 6.31. The SMILES string of the molecule is O=C1CCNCC1c1ccncc1Cl. The first-order valence-electron chi connectivity index (χ1n) is 4.62. The zero-order valence-corrected chi connectivity index (χ0v) is 8.42. The first kappa shape index (κ1) is 9.62. The molecule has 0 amide bonds. The van der Waals surface area contributed by atoms with E-state index in [-0.39, 0.29) is 11.7 Å². The topological polar surface area (TPSA) is 42.0 Å². The maximum absolute atomic E-state index is 11.6. The van der Waals surface area contributed by atoms with E-state index in [0.29, 0.717) is 18.0 Å². The summed E-state index contributed by atoms with van der Waals surface area (Å²) >= 11 is 5.98. The van der Waals surface area contributed by atoms with Crippen molar-refractivity contribution in [3.05, 3.63) is 29.0 Å². The predicted molar refractivity (Wildman–Crippen MR) is 54.5 cm³/mol. The van der Waals surface area contributed by atoms with Gasteiger partial charge in [-0.15, -0.1) is 0 Å². The van der Waals surface area contributed by atoms with Crippen LogP contribution in [-0.4, -0.2) is 23.9 Å². The van der Waals surface area contributed by atoms with Crippen LogP contribution in [0.3, 0.4) is 0 Å². The van der Waals surface area contributed by atoms with Crippen molar-refractivity contribution < 1.29 is 4.79 Å². The quantitative estimate of drug-likeness (QED) is 0.762. The Labute approximate surface area is 87.5 Å². The lowest BCUT2D eigenvalue weighted by Gasteiger charge is -2.22. The number of halogens is 1. The molecule has 1 aliphatic rings. The highest BCUT2D eigenvalue weighted by Gasteiger charge is 2.25. The summed E-state index contributed by atoms with van der Waals surface area (Å²) in [5.41, 5.74) is 0.888. The summed E-state index contributed by atoms with van der Waals surface area (Å²) in [6.07, 6.45) is 3.84. The summed E-state index contributed by atoms with van der Waals surface area (Å²) in [5, 5.41) is 3.77. The van der Waals surface area contributed by atoms with Gasteiger partial charge in [0.25, 0.3) is 0 Å². The number of carbonyl (C=O) groups excluding carboxylic acids is 1. The molecule has 0 aromatic carbocycles. The number of nitrogens with one attached hydrogen (secondary N) is 1. The second-order valence-electron chi connectivity index (χ2n) is 3.37. The molecule has 1 fully saturated rings. The molecule has 1 aromatic rings. The van der Waals surface area contributed by atoms with Gasteiger partial charge in [-0.2, -0.15) is 0 Å². The molecule has 1 atom stereocenters. The molecule has 14 heavy (non-hydrogen) atoms. The first-order valence-corrected chi connectivity index (χ1v) is 4.99. The summed E-state index contributed by atoms with van der Waals surface area (Å²) < 4.78 is 0. The maximum atomic E-state index is 11.6. The van der Waals surface area contributed by atoms with Gasteiger partial charge in [0.1, 0.15) is 5.78 Å². The molecule has 3 nitrogen and oxygen atoms in total. The van der Waals surface area contributed by atoms with Crippen LogP contribution >= 0.6 is 11.6 Å². The second kappa shape index (κ2) is 4.07. The first-order chi connectivity index (χ1) is 6.79. The third-order valence-electron chi connectivity index (χ3n) is 2.46. The zero-order valence-electron chi connectivity index (χ0n) is 7.66. The van der Waals surface area contributed by atoms with Gasteiger partial charge in [0.15, 0.2) is 0 Å². The Kier molecular flexibility index (Phi) is 2.79. The van der Waals surface area contributed by atoms with Gasteiger partial charge < -0.3 is 5.32 Å². The summed E-state index contributed by atoms with van der Waals surface area (Å²) in [6.45, 7) is 1.46. The van der Waals surface area contributed by atoms with E-state index in [1.54, 1.807) is 12.4 Å². The van der Waals surface area contributed by atoms with E-state index in [1.807, 2.05) is 6.07 Å². The van der Waals surface area contributed by atoms with Gasteiger partial charge in [-0.3, -0.25) is 9.78 Å². The summed E-state index contributed by atoms with van der Waals surface area (Å²) in [5.74, 6) is 0.163. The van der Waals surface area contributed by atoms with Crippen molar-refractivity contribution in [3.63, 3.8) is 0 Å². The minimum atomic E-state index is -0.0979. The van der Waals surface area contributed by atoms with Crippen molar-refractivity contribution >= 4 is 17.4 Å². The monoisotopic (exact) mass is 210 g/mol. The lowest BCUT2D eigenvalue weighted by atomic mass is 9.91. The van der Waals surface area contributed by atoms with E-state index in [9.17, 15) is 4.79 Å². The Morgan fingerprint density at radius 1 is 1.57 bits per heavy atom. The number of carbonyl (C=O) groups is 1. The summed E-state index contributed by atoms with van der Waals surface area (Å²) in [4.78, 5) is 15.5. The van der Waals surface area contributed by atoms with Crippen molar-refractivity contribution in [1.82, 2.24) is 10.3 Å². The molecule has 1 N–H and O–H groups in total. The maximum Gasteiger partial charge on any atom is 0.142 e. The van der Waals surface area contributed by atoms with E-state index in [1.165, 1.54) is 0 Å². The van der Waals surface area contributed by atoms with E-state index >= 15 is 0 Å². The molecule has 0 radical (unpaired) electrons. The predicted octanol–water partition coefficient (Wildman–Crippen LogP) is 1.38. The molecule has 1 aromatic heterocycles. The Hall–Kier alpha value is -0.930. The van der Waals surface area contributed by atoms with Gasteiger partial charge in [-0.05, 0) is 11.6 Å². The van der Waals surface area contributed by atoms with Gasteiger partial charge in [-0.1, -0.05) is 11.6 Å². The number of nitrogens with zero attached hydrogens (tertiary/aromatic N) is 1. The molecule has 0 saturated carbocycles. The van der Waals surface area contributed by atoms with Crippen LogP contribution in [0, 0.1) is 0 Å². The second-order valence-corrected chi connectivity index (χ2v) is 3.78. The average molecular weight is 211 g/mol. The third-order valence-corrected chi connectivity index (χ3v) is 2.78. The van der Waals surface area contributed by atoms with Crippen LogP contribution in [0.2, 0.25) is 5.02 Å². The lowest BCUT2D eigenvalue weighted by Crippen LogP contribution is -2.35.